The molecule has 0 bridgehead atoms. The summed E-state index contributed by atoms with van der Waals surface area (Å²) >= 11 is 0. The maximum atomic E-state index is 10.9. The smallest absolute Gasteiger partial charge is 0.335 e. The number of rotatable bonds is 2. The lowest BCUT2D eigenvalue weighted by Gasteiger charge is -2.25. The van der Waals surface area contributed by atoms with Gasteiger partial charge in [-0.1, -0.05) is 0 Å². The molecule has 0 spiro atoms. The highest BCUT2D eigenvalue weighted by molar-refractivity contribution is 5.74. The van der Waals surface area contributed by atoms with Gasteiger partial charge in [0, 0.05) is 12.5 Å². The standard InChI is InChI=1S/C8H15NO3/c1-12-8(11)7(10)6-3-2-4-9-5-6/h6-7,9-10H,2-5H2,1H3/t6-,7+/m0/s1. The maximum Gasteiger partial charge on any atom is 0.335 e. The Morgan fingerprint density at radius 3 is 3.00 bits per heavy atom. The highest BCUT2D eigenvalue weighted by Gasteiger charge is 2.27. The molecule has 1 aliphatic rings. The van der Waals surface area contributed by atoms with E-state index in [4.69, 9.17) is 0 Å². The van der Waals surface area contributed by atoms with Crippen LogP contribution in [0.5, 0.6) is 0 Å². The lowest BCUT2D eigenvalue weighted by atomic mass is 9.94. The molecule has 2 N–H and O–H groups in total. The fourth-order valence-corrected chi connectivity index (χ4v) is 1.46. The quantitative estimate of drug-likeness (QED) is 0.554. The molecule has 12 heavy (non-hydrogen) atoms. The van der Waals surface area contributed by atoms with Crippen LogP contribution in [-0.2, 0) is 9.53 Å². The zero-order valence-electron chi connectivity index (χ0n) is 7.25. The summed E-state index contributed by atoms with van der Waals surface area (Å²) in [6.07, 6.45) is 0.949. The van der Waals surface area contributed by atoms with Crippen molar-refractivity contribution in [3.63, 3.8) is 0 Å². The number of esters is 1. The van der Waals surface area contributed by atoms with Crippen molar-refractivity contribution in [2.45, 2.75) is 18.9 Å². The number of aliphatic hydroxyl groups is 1. The molecule has 1 aliphatic heterocycles. The van der Waals surface area contributed by atoms with E-state index in [0.717, 1.165) is 19.4 Å². The third-order valence-corrected chi connectivity index (χ3v) is 2.22. The third kappa shape index (κ3) is 2.19. The second-order valence-electron chi connectivity index (χ2n) is 3.07. The van der Waals surface area contributed by atoms with Crippen molar-refractivity contribution >= 4 is 5.97 Å². The van der Waals surface area contributed by atoms with Gasteiger partial charge in [-0.15, -0.1) is 0 Å². The van der Waals surface area contributed by atoms with Crippen molar-refractivity contribution in [2.75, 3.05) is 20.2 Å². The summed E-state index contributed by atoms with van der Waals surface area (Å²) in [6.45, 7) is 1.68. The molecule has 0 amide bonds. The minimum atomic E-state index is -0.956. The van der Waals surface area contributed by atoms with E-state index in [1.807, 2.05) is 0 Å². The fourth-order valence-electron chi connectivity index (χ4n) is 1.46. The molecule has 2 atom stereocenters. The predicted octanol–water partition coefficient (Wildman–Crippen LogP) is -0.480. The molecule has 0 aromatic heterocycles. The molecule has 4 heteroatoms. The molecular formula is C8H15NO3. The number of piperidine rings is 1. The molecule has 0 saturated carbocycles. The monoisotopic (exact) mass is 173 g/mol. The molecule has 0 aromatic rings. The Morgan fingerprint density at radius 2 is 2.50 bits per heavy atom. The zero-order chi connectivity index (χ0) is 8.97. The molecular weight excluding hydrogens is 158 g/mol. The van der Waals surface area contributed by atoms with Gasteiger partial charge in [0.2, 0.25) is 0 Å². The van der Waals surface area contributed by atoms with Crippen molar-refractivity contribution in [2.24, 2.45) is 5.92 Å². The van der Waals surface area contributed by atoms with Crippen LogP contribution in [0.15, 0.2) is 0 Å². The van der Waals surface area contributed by atoms with Crippen LogP contribution in [0.25, 0.3) is 0 Å². The van der Waals surface area contributed by atoms with Gasteiger partial charge in [-0.05, 0) is 19.4 Å². The first-order valence-electron chi connectivity index (χ1n) is 4.22. The molecule has 0 radical (unpaired) electrons. The van der Waals surface area contributed by atoms with E-state index in [1.54, 1.807) is 0 Å². The molecule has 0 unspecified atom stereocenters. The number of hydrogen-bond donors (Lipinski definition) is 2. The number of aliphatic hydroxyl groups excluding tert-OH is 1. The first-order chi connectivity index (χ1) is 5.75. The maximum absolute atomic E-state index is 10.9. The van der Waals surface area contributed by atoms with Gasteiger partial charge < -0.3 is 15.2 Å². The normalized spacial score (nSPS) is 26.3. The largest absolute Gasteiger partial charge is 0.467 e. The van der Waals surface area contributed by atoms with Crippen LogP contribution in [0.3, 0.4) is 0 Å². The molecule has 1 heterocycles. The van der Waals surface area contributed by atoms with E-state index in [2.05, 4.69) is 10.1 Å². The minimum Gasteiger partial charge on any atom is -0.467 e. The Bertz CT molecular complexity index is 154. The molecule has 0 aromatic carbocycles. The van der Waals surface area contributed by atoms with Crippen molar-refractivity contribution in [3.8, 4) is 0 Å². The highest BCUT2D eigenvalue weighted by Crippen LogP contribution is 2.14. The van der Waals surface area contributed by atoms with E-state index < -0.39 is 12.1 Å². The number of carbonyl (C=O) groups is 1. The summed E-state index contributed by atoms with van der Waals surface area (Å²) in [5, 5.41) is 12.6. The van der Waals surface area contributed by atoms with Gasteiger partial charge in [0.15, 0.2) is 6.10 Å². The van der Waals surface area contributed by atoms with E-state index in [-0.39, 0.29) is 5.92 Å². The number of ether oxygens (including phenoxy) is 1. The van der Waals surface area contributed by atoms with Crippen LogP contribution in [0.1, 0.15) is 12.8 Å². The van der Waals surface area contributed by atoms with Crippen LogP contribution in [0.2, 0.25) is 0 Å². The first kappa shape index (κ1) is 9.48. The van der Waals surface area contributed by atoms with Crippen LogP contribution in [-0.4, -0.2) is 37.4 Å². The summed E-state index contributed by atoms with van der Waals surface area (Å²) < 4.78 is 4.45. The Labute approximate surface area is 71.9 Å². The van der Waals surface area contributed by atoms with Crippen LogP contribution < -0.4 is 5.32 Å². The van der Waals surface area contributed by atoms with Crippen molar-refractivity contribution < 1.29 is 14.6 Å². The Balaban J connectivity index is 2.39. The molecule has 0 aliphatic carbocycles. The molecule has 1 rings (SSSR count). The second-order valence-corrected chi connectivity index (χ2v) is 3.07. The zero-order valence-corrected chi connectivity index (χ0v) is 7.25. The number of nitrogens with one attached hydrogen (secondary N) is 1. The Kier molecular flexibility index (Phi) is 3.49. The summed E-state index contributed by atoms with van der Waals surface area (Å²) in [5.41, 5.74) is 0. The van der Waals surface area contributed by atoms with E-state index in [1.165, 1.54) is 7.11 Å². The van der Waals surface area contributed by atoms with Gasteiger partial charge in [-0.25, -0.2) is 4.79 Å². The van der Waals surface area contributed by atoms with Crippen molar-refractivity contribution in [1.82, 2.24) is 5.32 Å². The third-order valence-electron chi connectivity index (χ3n) is 2.22. The van der Waals surface area contributed by atoms with Crippen LogP contribution in [0, 0.1) is 5.92 Å². The Morgan fingerprint density at radius 1 is 1.75 bits per heavy atom. The van der Waals surface area contributed by atoms with Gasteiger partial charge in [0.05, 0.1) is 7.11 Å². The average molecular weight is 173 g/mol. The molecule has 70 valence electrons. The van der Waals surface area contributed by atoms with Gasteiger partial charge >= 0.3 is 5.97 Å². The van der Waals surface area contributed by atoms with Gasteiger partial charge in [0.25, 0.3) is 0 Å². The molecule has 1 fully saturated rings. The summed E-state index contributed by atoms with van der Waals surface area (Å²) in [5.74, 6) is -0.505. The van der Waals surface area contributed by atoms with E-state index >= 15 is 0 Å². The lowest BCUT2D eigenvalue weighted by molar-refractivity contribution is -0.153. The molecule has 4 nitrogen and oxygen atoms in total. The summed E-state index contributed by atoms with van der Waals surface area (Å²) in [6, 6.07) is 0. The average Bonchev–Trinajstić information content (AvgIpc) is 2.17. The number of carbonyl (C=O) groups excluding carboxylic acids is 1. The lowest BCUT2D eigenvalue weighted by Crippen LogP contribution is -2.40. The highest BCUT2D eigenvalue weighted by atomic mass is 16.5. The van der Waals surface area contributed by atoms with Crippen molar-refractivity contribution in [1.29, 1.82) is 0 Å². The number of methoxy groups -OCH3 is 1. The van der Waals surface area contributed by atoms with E-state index in [9.17, 15) is 9.90 Å². The van der Waals surface area contributed by atoms with Crippen molar-refractivity contribution in [3.05, 3.63) is 0 Å². The topological polar surface area (TPSA) is 58.6 Å². The fraction of sp³-hybridized carbons (Fsp3) is 0.875. The minimum absolute atomic E-state index is 0.0196. The van der Waals surface area contributed by atoms with Gasteiger partial charge in [0.1, 0.15) is 0 Å². The van der Waals surface area contributed by atoms with Crippen LogP contribution >= 0.6 is 0 Å². The Hall–Kier alpha value is -0.610. The van der Waals surface area contributed by atoms with E-state index in [0.29, 0.717) is 6.54 Å². The SMILES string of the molecule is COC(=O)[C@H](O)[C@H]1CCCNC1. The number of hydrogen-bond acceptors (Lipinski definition) is 4. The van der Waals surface area contributed by atoms with Crippen LogP contribution in [0.4, 0.5) is 0 Å². The summed E-state index contributed by atoms with van der Waals surface area (Å²) in [4.78, 5) is 10.9. The molecule has 1 saturated heterocycles. The first-order valence-corrected chi connectivity index (χ1v) is 4.22. The van der Waals surface area contributed by atoms with Gasteiger partial charge in [-0.2, -0.15) is 0 Å². The second kappa shape index (κ2) is 4.42. The predicted molar refractivity (Wildman–Crippen MR) is 43.6 cm³/mol. The van der Waals surface area contributed by atoms with Gasteiger partial charge in [-0.3, -0.25) is 0 Å². The summed E-state index contributed by atoms with van der Waals surface area (Å²) in [7, 11) is 1.29.